The van der Waals surface area contributed by atoms with Crippen LogP contribution in [0.5, 0.6) is 11.5 Å². The van der Waals surface area contributed by atoms with Crippen molar-refractivity contribution in [3.63, 3.8) is 0 Å². The van der Waals surface area contributed by atoms with E-state index in [0.29, 0.717) is 99.2 Å². The summed E-state index contributed by atoms with van der Waals surface area (Å²) < 4.78 is 11.8. The number of urea groups is 2. The number of hydrogen-bond donors (Lipinski definition) is 8. The van der Waals surface area contributed by atoms with Crippen molar-refractivity contribution in [2.75, 3.05) is 65.9 Å². The number of phenolic OH excluding ortho intramolecular Hbond substituents is 2. The second-order valence-corrected chi connectivity index (χ2v) is 30.0. The minimum atomic E-state index is -1.21. The van der Waals surface area contributed by atoms with Crippen molar-refractivity contribution in [2.24, 2.45) is 0 Å². The van der Waals surface area contributed by atoms with Crippen molar-refractivity contribution in [1.82, 2.24) is 40.9 Å². The molecule has 0 saturated carbocycles. The molecule has 4 fully saturated rings. The molecule has 8 N–H and O–H groups in total. The van der Waals surface area contributed by atoms with Gasteiger partial charge in [-0.05, 0) is 141 Å². The molecule has 6 atom stereocenters. The number of nitrogens with zero attached hydrogens (tertiary/aromatic N) is 4. The lowest BCUT2D eigenvalue weighted by atomic mass is 9.89. The standard InChI is InChI=1S/2C39H44N4O8S/c1-42(34(46)10-6-5-9-33-36-30(22-52-33)40-39(50)41-36)17-7-3-4-8-18-43(2)37(47)23-11-14-26(38(48)49)29(19-23)35-27-15-12-24(44)20-31(27)51-32-21-25(45)13-16-28(32)35;1-42(34(46)10-6-5-9-33-36-30(22-52-33)40-39(50)41-36)17-7-3-4-8-18-43(2)37(47)23-11-14-26(29(19-23)38(48)49)35-27-15-12-24(44)20-31(27)51-32-21-25(45)13-16-28(32)35/h2*11-16,19-21,30,33,36,44H,3-10,17-18,22H2,1-2H3,(H,48,49)(H2,40,41,50)/t2*30?,33-,36?/m00/s1. The van der Waals surface area contributed by atoms with Gasteiger partial charge in [-0.15, -0.1) is 0 Å². The molecule has 2 aliphatic carbocycles. The van der Waals surface area contributed by atoms with Gasteiger partial charge in [0.05, 0.1) is 35.3 Å². The highest BCUT2D eigenvalue weighted by molar-refractivity contribution is 8.00. The smallest absolute Gasteiger partial charge is 0.336 e. The minimum absolute atomic E-state index is 0.0185. The summed E-state index contributed by atoms with van der Waals surface area (Å²) in [5.74, 6) is -0.392. The molecular weight excluding hydrogens is 1370 g/mol. The highest BCUT2D eigenvalue weighted by Crippen LogP contribution is 2.45. The summed E-state index contributed by atoms with van der Waals surface area (Å²) in [5, 5.41) is 54.4. The van der Waals surface area contributed by atoms with E-state index in [1.807, 2.05) is 37.6 Å². The quantitative estimate of drug-likeness (QED) is 0.0118. The van der Waals surface area contributed by atoms with Crippen LogP contribution in [0.15, 0.2) is 128 Å². The Morgan fingerprint density at radius 1 is 0.433 bits per heavy atom. The van der Waals surface area contributed by atoms with E-state index < -0.39 is 11.9 Å². The number of carbonyl (C=O) groups excluding carboxylic acids is 6. The van der Waals surface area contributed by atoms with Crippen LogP contribution < -0.4 is 32.1 Å². The van der Waals surface area contributed by atoms with E-state index >= 15 is 0 Å². The molecule has 0 spiro atoms. The van der Waals surface area contributed by atoms with Gasteiger partial charge in [-0.25, -0.2) is 19.2 Å². The van der Waals surface area contributed by atoms with E-state index in [4.69, 9.17) is 8.83 Å². The molecule has 24 nitrogen and oxygen atoms in total. The van der Waals surface area contributed by atoms with E-state index in [1.165, 1.54) is 66.7 Å². The molecule has 6 aliphatic heterocycles. The predicted molar refractivity (Wildman–Crippen MR) is 400 cm³/mol. The number of carboxylic acid groups (broad SMARTS) is 2. The molecule has 0 radical (unpaired) electrons. The number of aromatic carboxylic acids is 2. The average Bonchev–Trinajstić information content (AvgIpc) is 1.03. The van der Waals surface area contributed by atoms with Gasteiger partial charge in [-0.2, -0.15) is 23.5 Å². The molecule has 12 rings (SSSR count). The highest BCUT2D eigenvalue weighted by atomic mass is 32.2. The first kappa shape index (κ1) is 75.1. The second kappa shape index (κ2) is 34.0. The van der Waals surface area contributed by atoms with Gasteiger partial charge in [-0.1, -0.05) is 44.6 Å². The average molecular weight is 1460 g/mol. The van der Waals surface area contributed by atoms with Crippen LogP contribution in [0.3, 0.4) is 0 Å². The lowest BCUT2D eigenvalue weighted by molar-refractivity contribution is -0.130. The second-order valence-electron chi connectivity index (χ2n) is 27.4. The van der Waals surface area contributed by atoms with Crippen LogP contribution >= 0.6 is 23.5 Å². The van der Waals surface area contributed by atoms with Crippen molar-refractivity contribution in [3.05, 3.63) is 152 Å². The number of benzene rings is 6. The van der Waals surface area contributed by atoms with Gasteiger partial charge in [0.1, 0.15) is 34.2 Å². The number of thioether (sulfide) groups is 2. The zero-order chi connectivity index (χ0) is 73.9. The van der Waals surface area contributed by atoms with Crippen LogP contribution in [0.1, 0.15) is 144 Å². The van der Waals surface area contributed by atoms with Gasteiger partial charge in [0.25, 0.3) is 11.8 Å². The monoisotopic (exact) mass is 1460 g/mol. The third kappa shape index (κ3) is 17.9. The fourth-order valence-corrected chi connectivity index (χ4v) is 17.4. The van der Waals surface area contributed by atoms with Gasteiger partial charge in [0.15, 0.2) is 10.9 Å². The molecule has 4 aromatic carbocycles. The third-order valence-corrected chi connectivity index (χ3v) is 23.1. The summed E-state index contributed by atoms with van der Waals surface area (Å²) in [4.78, 5) is 131. The number of phenols is 2. The maximum atomic E-state index is 13.6. The van der Waals surface area contributed by atoms with Gasteiger partial charge in [-0.3, -0.25) is 28.8 Å². The van der Waals surface area contributed by atoms with E-state index in [9.17, 15) is 68.4 Å². The first-order valence-electron chi connectivity index (χ1n) is 35.5. The Morgan fingerprint density at radius 3 is 1.30 bits per heavy atom. The minimum Gasteiger partial charge on any atom is -0.508 e. The summed E-state index contributed by atoms with van der Waals surface area (Å²) in [7, 11) is 7.10. The molecule has 4 aromatic rings. The predicted octanol–water partition coefficient (Wildman–Crippen LogP) is 11.6. The Labute approximate surface area is 610 Å². The van der Waals surface area contributed by atoms with Crippen LogP contribution in [0.4, 0.5) is 9.59 Å². The van der Waals surface area contributed by atoms with Crippen LogP contribution in [-0.4, -0.2) is 188 Å². The molecule has 0 aromatic heterocycles. The number of carboxylic acids is 2. The van der Waals surface area contributed by atoms with Gasteiger partial charge in [0, 0.05) is 158 Å². The summed E-state index contributed by atoms with van der Waals surface area (Å²) in [5.41, 5.74) is 3.12. The van der Waals surface area contributed by atoms with E-state index in [-0.39, 0.29) is 122 Å². The van der Waals surface area contributed by atoms with Crippen molar-refractivity contribution < 1.29 is 67.6 Å². The molecule has 26 heteroatoms. The number of carbonyl (C=O) groups is 8. The number of hydrogen-bond acceptors (Lipinski definition) is 16. The molecule has 6 heterocycles. The zero-order valence-electron chi connectivity index (χ0n) is 58.7. The fraction of sp³-hybridized carbons (Fsp3) is 0.410. The van der Waals surface area contributed by atoms with Crippen molar-refractivity contribution in [1.29, 1.82) is 0 Å². The van der Waals surface area contributed by atoms with Gasteiger partial charge in [0.2, 0.25) is 11.8 Å². The van der Waals surface area contributed by atoms with E-state index in [0.717, 1.165) is 101 Å². The first-order valence-corrected chi connectivity index (χ1v) is 37.6. The lowest BCUT2D eigenvalue weighted by Crippen LogP contribution is -2.36. The largest absolute Gasteiger partial charge is 0.508 e. The number of rotatable bonds is 30. The molecule has 0 bridgehead atoms. The van der Waals surface area contributed by atoms with Gasteiger partial charge < -0.3 is 70.1 Å². The molecule has 8 aliphatic rings. The number of fused-ring (bicyclic) bond motifs is 6. The topological polar surface area (TPSA) is 339 Å². The Kier molecular flexibility index (Phi) is 24.6. The maximum absolute atomic E-state index is 13.6. The van der Waals surface area contributed by atoms with Gasteiger partial charge >= 0.3 is 24.0 Å². The number of aromatic hydroxyl groups is 2. The van der Waals surface area contributed by atoms with Crippen LogP contribution in [-0.2, 0) is 9.59 Å². The van der Waals surface area contributed by atoms with Crippen molar-refractivity contribution in [2.45, 2.75) is 137 Å². The summed E-state index contributed by atoms with van der Waals surface area (Å²) in [6.45, 7) is 2.36. The Bertz CT molecular complexity index is 4600. The Balaban J connectivity index is 0.000000208. The molecule has 104 heavy (non-hydrogen) atoms. The molecule has 4 unspecified atom stereocenters. The van der Waals surface area contributed by atoms with E-state index in [1.54, 1.807) is 76.2 Å². The summed E-state index contributed by atoms with van der Waals surface area (Å²) in [6.07, 6.45) is 13.5. The summed E-state index contributed by atoms with van der Waals surface area (Å²) >= 11 is 3.78. The normalized spacial score (nSPS) is 17.9. The third-order valence-electron chi connectivity index (χ3n) is 20.0. The first-order chi connectivity index (χ1) is 50.0. The molecule has 4 saturated heterocycles. The SMILES string of the molecule is CN(CCCCCCN(C)C(=O)c1ccc(-c2c3ccc(=O)cc-3oc3cc(O)ccc23)c(C(=O)O)c1)C(=O)CCCC[C@@H]1SCC2NC(=O)NC21.CN(CCCCCCN(C)C(=O)c1ccc(C(=O)O)c(-c2c3ccc(=O)cc-3oc3cc(O)ccc23)c1)C(=O)CCCC[C@@H]1SCC2NC(=O)NC21. The molecular formula is C78H88N8O16S2. The van der Waals surface area contributed by atoms with Crippen molar-refractivity contribution >= 4 is 93.1 Å². The summed E-state index contributed by atoms with van der Waals surface area (Å²) in [6, 6.07) is 27.3. The molecule has 548 valence electrons. The van der Waals surface area contributed by atoms with Crippen LogP contribution in [0.25, 0.3) is 66.8 Å². The number of nitrogens with one attached hydrogen (secondary N) is 4. The fourth-order valence-electron chi connectivity index (χ4n) is 14.3. The Morgan fingerprint density at radius 2 is 0.846 bits per heavy atom. The number of unbranched alkanes of at least 4 members (excludes halogenated alkanes) is 8. The van der Waals surface area contributed by atoms with Crippen molar-refractivity contribution in [3.8, 4) is 56.4 Å². The maximum Gasteiger partial charge on any atom is 0.336 e. The van der Waals surface area contributed by atoms with Crippen LogP contribution in [0.2, 0.25) is 0 Å². The highest BCUT2D eigenvalue weighted by Gasteiger charge is 2.44. The lowest BCUT2D eigenvalue weighted by Gasteiger charge is -2.20. The number of amides is 8. The van der Waals surface area contributed by atoms with Crippen LogP contribution in [0, 0.1) is 0 Å². The zero-order valence-corrected chi connectivity index (χ0v) is 60.3. The molecule has 8 amide bonds. The Hall–Kier alpha value is -10.1. The van der Waals surface area contributed by atoms with E-state index in [2.05, 4.69) is 21.3 Å².